The molecule has 0 aliphatic heterocycles. The van der Waals surface area contributed by atoms with Crippen LogP contribution in [0.1, 0.15) is 20.7 Å². The summed E-state index contributed by atoms with van der Waals surface area (Å²) in [5, 5.41) is 21.3. The summed E-state index contributed by atoms with van der Waals surface area (Å²) in [4.78, 5) is 38.4. The summed E-state index contributed by atoms with van der Waals surface area (Å²) >= 11 is 0. The number of phenols is 2. The maximum Gasteiger partial charge on any atom is 0.278 e. The molecule has 34 heavy (non-hydrogen) atoms. The molecular formula is C23H19N7O4. The summed E-state index contributed by atoms with van der Waals surface area (Å²) in [6.07, 6.45) is 0. The van der Waals surface area contributed by atoms with Crippen LogP contribution in [0.3, 0.4) is 0 Å². The number of carbonyl (C=O) groups is 2. The first-order valence-corrected chi connectivity index (χ1v) is 9.92. The van der Waals surface area contributed by atoms with Crippen molar-refractivity contribution in [2.75, 3.05) is 10.0 Å². The minimum absolute atomic E-state index is 0.0805. The Morgan fingerprint density at radius 2 is 1.03 bits per heavy atom. The van der Waals surface area contributed by atoms with E-state index in [2.05, 4.69) is 15.0 Å². The molecule has 1 aromatic heterocycles. The number of anilines is 2. The van der Waals surface area contributed by atoms with Gasteiger partial charge in [0.2, 0.25) is 0 Å². The average molecular weight is 457 g/mol. The van der Waals surface area contributed by atoms with E-state index in [4.69, 9.17) is 11.7 Å². The molecule has 4 rings (SSSR count). The van der Waals surface area contributed by atoms with Gasteiger partial charge in [0.1, 0.15) is 11.5 Å². The molecule has 11 nitrogen and oxygen atoms in total. The number of rotatable bonds is 5. The number of aromatic nitrogens is 3. The van der Waals surface area contributed by atoms with Crippen molar-refractivity contribution in [1.29, 1.82) is 0 Å². The Morgan fingerprint density at radius 1 is 0.618 bits per heavy atom. The van der Waals surface area contributed by atoms with Gasteiger partial charge >= 0.3 is 0 Å². The molecule has 6 N–H and O–H groups in total. The zero-order valence-electron chi connectivity index (χ0n) is 17.6. The minimum atomic E-state index is -0.801. The van der Waals surface area contributed by atoms with Gasteiger partial charge in [-0.15, -0.1) is 0 Å². The number of phenolic OH excluding ortho intramolecular Hbond substituents is 2. The number of benzene rings is 3. The number of hydrogen-bond donors (Lipinski definition) is 4. The van der Waals surface area contributed by atoms with E-state index in [1.807, 2.05) is 0 Å². The fourth-order valence-electron chi connectivity index (χ4n) is 3.04. The molecule has 0 radical (unpaired) electrons. The van der Waals surface area contributed by atoms with Crippen LogP contribution >= 0.6 is 0 Å². The van der Waals surface area contributed by atoms with Gasteiger partial charge in [0.15, 0.2) is 5.82 Å². The van der Waals surface area contributed by atoms with Crippen LogP contribution in [-0.4, -0.2) is 37.0 Å². The third-order valence-corrected chi connectivity index (χ3v) is 4.78. The maximum atomic E-state index is 12.9. The lowest BCUT2D eigenvalue weighted by atomic mass is 10.2. The summed E-state index contributed by atoms with van der Waals surface area (Å²) < 4.78 is 0. The summed E-state index contributed by atoms with van der Waals surface area (Å²) in [5.41, 5.74) is 0.380. The normalized spacial score (nSPS) is 10.5. The average Bonchev–Trinajstić information content (AvgIpc) is 2.88. The van der Waals surface area contributed by atoms with Crippen LogP contribution in [-0.2, 0) is 0 Å². The third kappa shape index (κ3) is 4.37. The molecule has 170 valence electrons. The van der Waals surface area contributed by atoms with E-state index in [1.54, 1.807) is 54.6 Å². The first-order valence-electron chi connectivity index (χ1n) is 9.92. The molecule has 4 aromatic rings. The first kappa shape index (κ1) is 22.3. The summed E-state index contributed by atoms with van der Waals surface area (Å²) in [6, 6.07) is 20.4. The SMILES string of the molecule is NN(C(=O)c1ccccc1O)c1nc(-c2ccccc2)nc(N(N)C(=O)c2ccccc2O)n1. The van der Waals surface area contributed by atoms with E-state index in [9.17, 15) is 19.8 Å². The van der Waals surface area contributed by atoms with Crippen molar-refractivity contribution in [3.05, 3.63) is 90.0 Å². The molecule has 0 saturated heterocycles. The van der Waals surface area contributed by atoms with E-state index >= 15 is 0 Å². The lowest BCUT2D eigenvalue weighted by Crippen LogP contribution is -2.42. The fourth-order valence-corrected chi connectivity index (χ4v) is 3.04. The third-order valence-electron chi connectivity index (χ3n) is 4.78. The fraction of sp³-hybridized carbons (Fsp3) is 0. The Kier molecular flexibility index (Phi) is 6.12. The largest absolute Gasteiger partial charge is 0.507 e. The van der Waals surface area contributed by atoms with Gasteiger partial charge in [0.05, 0.1) is 11.1 Å². The molecule has 0 atom stereocenters. The van der Waals surface area contributed by atoms with Gasteiger partial charge < -0.3 is 10.2 Å². The molecule has 0 unspecified atom stereocenters. The Balaban J connectivity index is 1.79. The van der Waals surface area contributed by atoms with Gasteiger partial charge in [-0.3, -0.25) is 9.59 Å². The van der Waals surface area contributed by atoms with E-state index in [1.165, 1.54) is 24.3 Å². The van der Waals surface area contributed by atoms with Crippen molar-refractivity contribution in [1.82, 2.24) is 15.0 Å². The lowest BCUT2D eigenvalue weighted by Gasteiger charge is -2.20. The van der Waals surface area contributed by atoms with Crippen molar-refractivity contribution < 1.29 is 19.8 Å². The first-order chi connectivity index (χ1) is 16.4. The highest BCUT2D eigenvalue weighted by molar-refractivity contribution is 6.07. The number of aromatic hydroxyl groups is 2. The van der Waals surface area contributed by atoms with Gasteiger partial charge in [-0.2, -0.15) is 15.0 Å². The maximum absolute atomic E-state index is 12.9. The molecule has 11 heteroatoms. The lowest BCUT2D eigenvalue weighted by molar-refractivity contribution is 0.0977. The van der Waals surface area contributed by atoms with Gasteiger partial charge in [0.25, 0.3) is 23.7 Å². The summed E-state index contributed by atoms with van der Waals surface area (Å²) in [6.45, 7) is 0. The van der Waals surface area contributed by atoms with E-state index in [-0.39, 0.29) is 40.3 Å². The topological polar surface area (TPSA) is 172 Å². The molecule has 0 spiro atoms. The number of hydrogen-bond acceptors (Lipinski definition) is 9. The van der Waals surface area contributed by atoms with Gasteiger partial charge in [0, 0.05) is 5.56 Å². The number of nitrogens with zero attached hydrogens (tertiary/aromatic N) is 5. The van der Waals surface area contributed by atoms with E-state index < -0.39 is 11.8 Å². The number of amides is 2. The van der Waals surface area contributed by atoms with Crippen molar-refractivity contribution in [2.45, 2.75) is 0 Å². The molecule has 2 amide bonds. The second-order valence-corrected chi connectivity index (χ2v) is 7.01. The highest BCUT2D eigenvalue weighted by atomic mass is 16.3. The van der Waals surface area contributed by atoms with Crippen LogP contribution < -0.4 is 21.7 Å². The highest BCUT2D eigenvalue weighted by Crippen LogP contribution is 2.24. The quantitative estimate of drug-likeness (QED) is 0.199. The number of hydrazine groups is 2. The Morgan fingerprint density at radius 3 is 1.47 bits per heavy atom. The molecule has 0 saturated carbocycles. The second kappa shape index (κ2) is 9.32. The highest BCUT2D eigenvalue weighted by Gasteiger charge is 2.25. The minimum Gasteiger partial charge on any atom is -0.507 e. The smallest absolute Gasteiger partial charge is 0.278 e. The summed E-state index contributed by atoms with van der Waals surface area (Å²) in [5.74, 6) is 9.28. The molecule has 0 fully saturated rings. The van der Waals surface area contributed by atoms with Gasteiger partial charge in [-0.25, -0.2) is 21.7 Å². The Bertz CT molecular complexity index is 1280. The van der Waals surface area contributed by atoms with Crippen LogP contribution in [0.4, 0.5) is 11.9 Å². The van der Waals surface area contributed by atoms with Crippen molar-refractivity contribution in [2.24, 2.45) is 11.7 Å². The Labute approximate surface area is 193 Å². The molecule has 3 aromatic carbocycles. The van der Waals surface area contributed by atoms with Crippen LogP contribution in [0, 0.1) is 0 Å². The van der Waals surface area contributed by atoms with E-state index in [0.717, 1.165) is 0 Å². The van der Waals surface area contributed by atoms with Crippen molar-refractivity contribution in [3.63, 3.8) is 0 Å². The van der Waals surface area contributed by atoms with Crippen LogP contribution in [0.5, 0.6) is 11.5 Å². The van der Waals surface area contributed by atoms with Crippen LogP contribution in [0.15, 0.2) is 78.9 Å². The Hall–Kier alpha value is -4.87. The zero-order chi connectivity index (χ0) is 24.2. The zero-order valence-corrected chi connectivity index (χ0v) is 17.6. The molecule has 0 bridgehead atoms. The van der Waals surface area contributed by atoms with Crippen LogP contribution in [0.25, 0.3) is 11.4 Å². The number of para-hydroxylation sites is 2. The van der Waals surface area contributed by atoms with Gasteiger partial charge in [-0.1, -0.05) is 54.6 Å². The predicted octanol–water partition coefficient (Wildman–Crippen LogP) is 1.99. The number of nitrogens with two attached hydrogens (primary N) is 2. The van der Waals surface area contributed by atoms with Crippen LogP contribution in [0.2, 0.25) is 0 Å². The second-order valence-electron chi connectivity index (χ2n) is 7.01. The van der Waals surface area contributed by atoms with Gasteiger partial charge in [-0.05, 0) is 24.3 Å². The molecule has 0 aliphatic carbocycles. The standard InChI is InChI=1S/C23H19N7O4/c24-29(20(33)15-10-4-6-12-17(15)31)22-26-19(14-8-2-1-3-9-14)27-23(28-22)30(25)21(34)16-11-5-7-13-18(16)32/h1-13,31-32H,24-25H2. The predicted molar refractivity (Wildman–Crippen MR) is 123 cm³/mol. The molecule has 0 aliphatic rings. The molecular weight excluding hydrogens is 438 g/mol. The monoisotopic (exact) mass is 457 g/mol. The summed E-state index contributed by atoms with van der Waals surface area (Å²) in [7, 11) is 0. The van der Waals surface area contributed by atoms with E-state index in [0.29, 0.717) is 15.6 Å². The van der Waals surface area contributed by atoms with Crippen molar-refractivity contribution in [3.8, 4) is 22.9 Å². The van der Waals surface area contributed by atoms with Crippen molar-refractivity contribution >= 4 is 23.7 Å². The number of carbonyl (C=O) groups excluding carboxylic acids is 2. The molecule has 1 heterocycles.